The molecule has 5 rings (SSSR count). The van der Waals surface area contributed by atoms with E-state index in [1.54, 1.807) is 6.07 Å². The minimum absolute atomic E-state index is 0.0185. The van der Waals surface area contributed by atoms with E-state index in [9.17, 15) is 34.8 Å². The van der Waals surface area contributed by atoms with Gasteiger partial charge in [-0.15, -0.1) is 0 Å². The Kier molecular flexibility index (Phi) is 7.11. The van der Waals surface area contributed by atoms with Gasteiger partial charge in [0, 0.05) is 18.7 Å². The molecule has 0 saturated carbocycles. The molecule has 1 aliphatic rings. The van der Waals surface area contributed by atoms with Crippen LogP contribution >= 0.6 is 0 Å². The van der Waals surface area contributed by atoms with Crippen molar-refractivity contribution in [1.82, 2.24) is 13.9 Å². The number of halogens is 6. The van der Waals surface area contributed by atoms with Crippen LogP contribution in [0.1, 0.15) is 22.4 Å². The van der Waals surface area contributed by atoms with Gasteiger partial charge in [0.15, 0.2) is 0 Å². The lowest BCUT2D eigenvalue weighted by molar-refractivity contribution is -0.142. The monoisotopic (exact) mass is 579 g/mol. The first-order valence-corrected chi connectivity index (χ1v) is 13.2. The molecule has 4 aromatic rings. The molecule has 0 aliphatic carbocycles. The topological polar surface area (TPSA) is 63.9 Å². The maximum Gasteiger partial charge on any atom is 0.433 e. The van der Waals surface area contributed by atoms with E-state index in [4.69, 9.17) is 4.74 Å². The predicted molar refractivity (Wildman–Crippen MR) is 133 cm³/mol. The summed E-state index contributed by atoms with van der Waals surface area (Å²) < 4.78 is 114. The Morgan fingerprint density at radius 1 is 0.825 bits per heavy atom. The summed E-state index contributed by atoms with van der Waals surface area (Å²) in [5.74, 6) is 5.53. The average Bonchev–Trinajstić information content (AvgIpc) is 3.34. The highest BCUT2D eigenvalue weighted by Gasteiger charge is 2.35. The Morgan fingerprint density at radius 3 is 2.17 bits per heavy atom. The van der Waals surface area contributed by atoms with Gasteiger partial charge in [-0.05, 0) is 53.6 Å². The molecule has 2 aromatic heterocycles. The van der Waals surface area contributed by atoms with Gasteiger partial charge >= 0.3 is 12.4 Å². The van der Waals surface area contributed by atoms with Gasteiger partial charge in [-0.3, -0.25) is 0 Å². The van der Waals surface area contributed by atoms with Gasteiger partial charge in [-0.2, -0.15) is 35.7 Å². The average molecular weight is 580 g/mol. The minimum atomic E-state index is -4.82. The second kappa shape index (κ2) is 10.3. The van der Waals surface area contributed by atoms with Crippen LogP contribution in [-0.4, -0.2) is 48.6 Å². The number of nitrogens with zero attached hydrogens (tertiary/aromatic N) is 3. The molecule has 0 atom stereocenters. The summed E-state index contributed by atoms with van der Waals surface area (Å²) in [4.78, 5) is 0.0185. The number of sulfonamides is 1. The Morgan fingerprint density at radius 2 is 1.52 bits per heavy atom. The maximum absolute atomic E-state index is 13.9. The molecule has 0 bridgehead atoms. The lowest BCUT2D eigenvalue weighted by atomic mass is 10.0. The Balaban J connectivity index is 1.54. The van der Waals surface area contributed by atoms with Crippen LogP contribution in [0, 0.1) is 11.8 Å². The van der Waals surface area contributed by atoms with Crippen molar-refractivity contribution < 1.29 is 39.5 Å². The van der Waals surface area contributed by atoms with E-state index in [0.717, 1.165) is 36.5 Å². The number of alkyl halides is 6. The van der Waals surface area contributed by atoms with Crippen molar-refractivity contribution >= 4 is 15.5 Å². The number of hydrogen-bond acceptors (Lipinski definition) is 4. The first-order valence-electron chi connectivity index (χ1n) is 11.8. The van der Waals surface area contributed by atoms with Crippen molar-refractivity contribution in [3.8, 4) is 23.0 Å². The van der Waals surface area contributed by atoms with Crippen molar-refractivity contribution in [3.05, 3.63) is 89.2 Å². The van der Waals surface area contributed by atoms with Crippen LogP contribution in [0.25, 0.3) is 16.6 Å². The van der Waals surface area contributed by atoms with E-state index in [2.05, 4.69) is 16.9 Å². The molecule has 1 fully saturated rings. The Bertz CT molecular complexity index is 1730. The normalized spacial score (nSPS) is 15.2. The zero-order chi connectivity index (χ0) is 28.7. The quantitative estimate of drug-likeness (QED) is 0.239. The summed E-state index contributed by atoms with van der Waals surface area (Å²) in [5, 5.41) is 3.83. The molecule has 3 heterocycles. The second-order valence-corrected chi connectivity index (χ2v) is 10.8. The van der Waals surface area contributed by atoms with Gasteiger partial charge in [0.1, 0.15) is 5.69 Å². The largest absolute Gasteiger partial charge is 0.433 e. The van der Waals surface area contributed by atoms with E-state index in [1.807, 2.05) is 0 Å². The van der Waals surface area contributed by atoms with E-state index in [0.29, 0.717) is 10.1 Å². The molecule has 0 amide bonds. The number of hydrogen-bond donors (Lipinski definition) is 0. The summed E-state index contributed by atoms with van der Waals surface area (Å²) >= 11 is 0. The zero-order valence-electron chi connectivity index (χ0n) is 20.4. The van der Waals surface area contributed by atoms with Crippen LogP contribution < -0.4 is 0 Å². The molecule has 0 unspecified atom stereocenters. The minimum Gasteiger partial charge on any atom is -0.379 e. The maximum atomic E-state index is 13.9. The van der Waals surface area contributed by atoms with Crippen molar-refractivity contribution in [3.63, 3.8) is 0 Å². The van der Waals surface area contributed by atoms with E-state index in [1.165, 1.54) is 28.6 Å². The summed E-state index contributed by atoms with van der Waals surface area (Å²) in [6.07, 6.45) is -8.27. The second-order valence-electron chi connectivity index (χ2n) is 8.85. The van der Waals surface area contributed by atoms with Gasteiger partial charge in [0.25, 0.3) is 0 Å². The molecule has 1 saturated heterocycles. The molecule has 208 valence electrons. The number of fused-ring (bicyclic) bond motifs is 1. The standard InChI is InChI=1S/C27H19F6N3O3S/c28-26(29,30)22-8-6-19(7-9-22)21-15-24-20(17-34-36(24)25(16-21)27(31,32)33)5-4-18-2-1-3-23(14-18)40(37,38)35-10-12-39-13-11-35/h1-3,6-9,14-17H,10-13H2. The lowest BCUT2D eigenvalue weighted by Gasteiger charge is -2.26. The molecule has 2 aromatic carbocycles. The molecule has 0 spiro atoms. The van der Waals surface area contributed by atoms with Gasteiger partial charge in [0.05, 0.1) is 40.9 Å². The predicted octanol–water partition coefficient (Wildman–Crippen LogP) is 5.46. The van der Waals surface area contributed by atoms with Crippen LogP contribution in [0.5, 0.6) is 0 Å². The zero-order valence-corrected chi connectivity index (χ0v) is 21.2. The number of rotatable bonds is 3. The fraction of sp³-hybridized carbons (Fsp3) is 0.222. The molecule has 0 N–H and O–H groups in total. The van der Waals surface area contributed by atoms with Crippen molar-refractivity contribution in [2.45, 2.75) is 17.2 Å². The molecule has 6 nitrogen and oxygen atoms in total. The summed E-state index contributed by atoms with van der Waals surface area (Å²) in [6.45, 7) is 0.983. The molecular weight excluding hydrogens is 560 g/mol. The highest BCUT2D eigenvalue weighted by atomic mass is 32.2. The SMILES string of the molecule is O=S(=O)(c1cccc(C#Cc2cnn3c(C(F)(F)F)cc(-c4ccc(C(F)(F)F)cc4)cc23)c1)N1CCOCC1. The van der Waals surface area contributed by atoms with Crippen LogP contribution in [0.2, 0.25) is 0 Å². The third kappa shape index (κ3) is 5.56. The van der Waals surface area contributed by atoms with Gasteiger partial charge in [-0.1, -0.05) is 30.0 Å². The third-order valence-electron chi connectivity index (χ3n) is 6.24. The van der Waals surface area contributed by atoms with Crippen LogP contribution in [0.15, 0.2) is 71.8 Å². The number of morpholine rings is 1. The van der Waals surface area contributed by atoms with Gasteiger partial charge < -0.3 is 4.74 Å². The van der Waals surface area contributed by atoms with E-state index < -0.39 is 33.6 Å². The number of pyridine rings is 1. The molecular formula is C27H19F6N3O3S. The van der Waals surface area contributed by atoms with Crippen molar-refractivity contribution in [2.75, 3.05) is 26.3 Å². The fourth-order valence-electron chi connectivity index (χ4n) is 4.21. The third-order valence-corrected chi connectivity index (χ3v) is 8.13. The fourth-order valence-corrected chi connectivity index (χ4v) is 5.67. The Hall–Kier alpha value is -3.86. The van der Waals surface area contributed by atoms with E-state index in [-0.39, 0.29) is 53.4 Å². The highest BCUT2D eigenvalue weighted by molar-refractivity contribution is 7.89. The van der Waals surface area contributed by atoms with Crippen LogP contribution in [0.4, 0.5) is 26.3 Å². The van der Waals surface area contributed by atoms with Gasteiger partial charge in [0.2, 0.25) is 10.0 Å². The lowest BCUT2D eigenvalue weighted by Crippen LogP contribution is -2.40. The first kappa shape index (κ1) is 27.7. The Labute approximate surface area is 224 Å². The van der Waals surface area contributed by atoms with Gasteiger partial charge in [-0.25, -0.2) is 12.9 Å². The van der Waals surface area contributed by atoms with Crippen LogP contribution in [-0.2, 0) is 27.1 Å². The summed E-state index contributed by atoms with van der Waals surface area (Å²) in [5.41, 5.74) is -1.50. The smallest absolute Gasteiger partial charge is 0.379 e. The summed E-state index contributed by atoms with van der Waals surface area (Å²) in [6, 6.07) is 11.8. The molecule has 1 aliphatic heterocycles. The van der Waals surface area contributed by atoms with Crippen LogP contribution in [0.3, 0.4) is 0 Å². The summed E-state index contributed by atoms with van der Waals surface area (Å²) in [7, 11) is -3.79. The first-order chi connectivity index (χ1) is 18.8. The number of benzene rings is 2. The highest BCUT2D eigenvalue weighted by Crippen LogP contribution is 2.35. The van der Waals surface area contributed by atoms with E-state index >= 15 is 0 Å². The molecule has 0 radical (unpaired) electrons. The number of ether oxygens (including phenoxy) is 1. The van der Waals surface area contributed by atoms with Crippen molar-refractivity contribution in [2.24, 2.45) is 0 Å². The van der Waals surface area contributed by atoms with Crippen molar-refractivity contribution in [1.29, 1.82) is 0 Å². The number of aromatic nitrogens is 2. The molecule has 13 heteroatoms. The molecule has 40 heavy (non-hydrogen) atoms.